The van der Waals surface area contributed by atoms with Crippen LogP contribution in [0.4, 0.5) is 0 Å². The smallest absolute Gasteiger partial charge is 0.0663 e. The predicted molar refractivity (Wildman–Crippen MR) is 215 cm³/mol. The minimum Gasteiger partial charge on any atom is -0.308 e. The van der Waals surface area contributed by atoms with Gasteiger partial charge in [0.1, 0.15) is 0 Å². The molecule has 0 aliphatic rings. The van der Waals surface area contributed by atoms with E-state index in [0.29, 0.717) is 0 Å². The van der Waals surface area contributed by atoms with Crippen LogP contribution in [0.5, 0.6) is 0 Å². The van der Waals surface area contributed by atoms with Crippen LogP contribution >= 0.6 is 0 Å². The maximum absolute atomic E-state index is 2.52. The number of fused-ring (bicyclic) bond motifs is 12. The first kappa shape index (κ1) is 28.0. The van der Waals surface area contributed by atoms with Gasteiger partial charge in [0.25, 0.3) is 0 Å². The molecule has 3 aromatic heterocycles. The lowest BCUT2D eigenvalue weighted by Gasteiger charge is -2.13. The van der Waals surface area contributed by atoms with E-state index in [0.717, 1.165) is 17.1 Å². The molecule has 0 unspecified atom stereocenters. The average Bonchev–Trinajstić information content (AvgIpc) is 3.85. The molecular weight excluding hydrogens is 619 g/mol. The lowest BCUT2D eigenvalue weighted by atomic mass is 10.0. The molecule has 3 heterocycles. The minimum atomic E-state index is 1.14. The van der Waals surface area contributed by atoms with Crippen molar-refractivity contribution in [3.05, 3.63) is 188 Å². The van der Waals surface area contributed by atoms with Gasteiger partial charge in [0.15, 0.2) is 0 Å². The van der Waals surface area contributed by atoms with Crippen LogP contribution in [-0.4, -0.2) is 13.7 Å². The number of benzene rings is 8. The van der Waals surface area contributed by atoms with Gasteiger partial charge in [0.05, 0.1) is 33.1 Å². The largest absolute Gasteiger partial charge is 0.308 e. The standard InChI is InChI=1S/C48H31N3/c1-5-17-32(18-6-1)33-29-30-39-42(31-33)51(36-23-11-4-12-24-36)48-44-38-26-14-16-28-41(38)49(34-19-7-2-8-20-34)46(44)43-37-25-13-15-27-40(37)50(47(43)45(39)48)35-21-9-3-10-22-35/h1-31H. The maximum Gasteiger partial charge on any atom is 0.0663 e. The van der Waals surface area contributed by atoms with Crippen molar-refractivity contribution in [1.82, 2.24) is 13.7 Å². The third kappa shape index (κ3) is 3.94. The molecule has 8 aromatic carbocycles. The predicted octanol–water partition coefficient (Wildman–Crippen LogP) is 12.6. The fraction of sp³-hybridized carbons (Fsp3) is 0. The van der Waals surface area contributed by atoms with Crippen LogP contribution in [0.3, 0.4) is 0 Å². The first-order chi connectivity index (χ1) is 25.4. The minimum absolute atomic E-state index is 1.14. The summed E-state index contributed by atoms with van der Waals surface area (Å²) >= 11 is 0. The third-order valence-corrected chi connectivity index (χ3v) is 10.6. The molecule has 0 N–H and O–H groups in total. The second kappa shape index (κ2) is 10.8. The summed E-state index contributed by atoms with van der Waals surface area (Å²) in [6.07, 6.45) is 0. The lowest BCUT2D eigenvalue weighted by molar-refractivity contribution is 1.17. The summed E-state index contributed by atoms with van der Waals surface area (Å²) < 4.78 is 7.52. The second-order valence-corrected chi connectivity index (χ2v) is 13.3. The summed E-state index contributed by atoms with van der Waals surface area (Å²) in [6.45, 7) is 0. The summed E-state index contributed by atoms with van der Waals surface area (Å²) in [6, 6.07) is 68.3. The molecule has 3 nitrogen and oxygen atoms in total. The van der Waals surface area contributed by atoms with E-state index < -0.39 is 0 Å². The van der Waals surface area contributed by atoms with Gasteiger partial charge in [0, 0.05) is 49.4 Å². The number of para-hydroxylation sites is 5. The Hall–Kier alpha value is -6.84. The molecule has 51 heavy (non-hydrogen) atoms. The summed E-state index contributed by atoms with van der Waals surface area (Å²) in [5.74, 6) is 0. The molecule has 0 saturated carbocycles. The zero-order chi connectivity index (χ0) is 33.5. The van der Waals surface area contributed by atoms with E-state index in [-0.39, 0.29) is 0 Å². The van der Waals surface area contributed by atoms with Crippen molar-refractivity contribution in [3.63, 3.8) is 0 Å². The summed E-state index contributed by atoms with van der Waals surface area (Å²) in [4.78, 5) is 0. The SMILES string of the molecule is c1ccc(-c2ccc3c4c5c(c6ccccc6n5-c5ccccc5)c5c(c6ccccc6n5-c5ccccc5)c4n(-c4ccccc4)c3c2)cc1. The van der Waals surface area contributed by atoms with Crippen molar-refractivity contribution >= 4 is 65.4 Å². The Kier molecular flexibility index (Phi) is 5.96. The summed E-state index contributed by atoms with van der Waals surface area (Å²) in [5, 5.41) is 7.49. The fourth-order valence-electron chi connectivity index (χ4n) is 8.54. The van der Waals surface area contributed by atoms with Gasteiger partial charge >= 0.3 is 0 Å². The van der Waals surface area contributed by atoms with Crippen LogP contribution in [0.1, 0.15) is 0 Å². The first-order valence-electron chi connectivity index (χ1n) is 17.5. The van der Waals surface area contributed by atoms with Gasteiger partial charge in [-0.25, -0.2) is 0 Å². The normalized spacial score (nSPS) is 11.9. The van der Waals surface area contributed by atoms with E-state index in [1.165, 1.54) is 76.5 Å². The van der Waals surface area contributed by atoms with Crippen molar-refractivity contribution in [1.29, 1.82) is 0 Å². The van der Waals surface area contributed by atoms with Crippen molar-refractivity contribution < 1.29 is 0 Å². The monoisotopic (exact) mass is 649 g/mol. The van der Waals surface area contributed by atoms with Crippen molar-refractivity contribution in [2.75, 3.05) is 0 Å². The topological polar surface area (TPSA) is 14.8 Å². The zero-order valence-corrected chi connectivity index (χ0v) is 27.7. The van der Waals surface area contributed by atoms with Crippen LogP contribution in [0, 0.1) is 0 Å². The van der Waals surface area contributed by atoms with Gasteiger partial charge in [-0.1, -0.05) is 133 Å². The lowest BCUT2D eigenvalue weighted by Crippen LogP contribution is -1.97. The summed E-state index contributed by atoms with van der Waals surface area (Å²) in [7, 11) is 0. The Morgan fingerprint density at radius 1 is 0.255 bits per heavy atom. The maximum atomic E-state index is 2.52. The molecule has 0 saturated heterocycles. The van der Waals surface area contributed by atoms with Crippen molar-refractivity contribution in [2.45, 2.75) is 0 Å². The first-order valence-corrected chi connectivity index (χ1v) is 17.5. The number of hydrogen-bond donors (Lipinski definition) is 0. The molecule has 0 bridgehead atoms. The van der Waals surface area contributed by atoms with Crippen LogP contribution in [0.15, 0.2) is 188 Å². The van der Waals surface area contributed by atoms with Crippen LogP contribution in [0.25, 0.3) is 93.6 Å². The van der Waals surface area contributed by atoms with E-state index in [1.807, 2.05) is 0 Å². The van der Waals surface area contributed by atoms with Gasteiger partial charge in [-0.3, -0.25) is 0 Å². The van der Waals surface area contributed by atoms with E-state index >= 15 is 0 Å². The van der Waals surface area contributed by atoms with Gasteiger partial charge < -0.3 is 13.7 Å². The molecule has 0 aliphatic heterocycles. The number of hydrogen-bond acceptors (Lipinski definition) is 0. The van der Waals surface area contributed by atoms with Crippen molar-refractivity contribution in [2.24, 2.45) is 0 Å². The molecule has 0 aliphatic carbocycles. The van der Waals surface area contributed by atoms with Crippen LogP contribution < -0.4 is 0 Å². The Balaban J connectivity index is 1.50. The van der Waals surface area contributed by atoms with Gasteiger partial charge in [0.2, 0.25) is 0 Å². The van der Waals surface area contributed by atoms with Gasteiger partial charge in [-0.05, 0) is 65.7 Å². The Bertz CT molecular complexity index is 3090. The van der Waals surface area contributed by atoms with Gasteiger partial charge in [-0.15, -0.1) is 0 Å². The van der Waals surface area contributed by atoms with Crippen LogP contribution in [-0.2, 0) is 0 Å². The highest BCUT2D eigenvalue weighted by Crippen LogP contribution is 2.50. The molecule has 0 fully saturated rings. The van der Waals surface area contributed by atoms with E-state index in [2.05, 4.69) is 202 Å². The number of nitrogens with zero attached hydrogens (tertiary/aromatic N) is 3. The van der Waals surface area contributed by atoms with Gasteiger partial charge in [-0.2, -0.15) is 0 Å². The van der Waals surface area contributed by atoms with E-state index in [1.54, 1.807) is 0 Å². The van der Waals surface area contributed by atoms with E-state index in [4.69, 9.17) is 0 Å². The zero-order valence-electron chi connectivity index (χ0n) is 27.7. The number of aromatic nitrogens is 3. The molecule has 11 aromatic rings. The molecular formula is C48H31N3. The molecule has 0 amide bonds. The van der Waals surface area contributed by atoms with Crippen LogP contribution in [0.2, 0.25) is 0 Å². The molecule has 3 heteroatoms. The third-order valence-electron chi connectivity index (χ3n) is 10.6. The molecule has 0 radical (unpaired) electrons. The Morgan fingerprint density at radius 2 is 0.608 bits per heavy atom. The molecule has 238 valence electrons. The van der Waals surface area contributed by atoms with Crippen molar-refractivity contribution in [3.8, 4) is 28.2 Å². The quantitative estimate of drug-likeness (QED) is 0.180. The molecule has 0 atom stereocenters. The molecule has 0 spiro atoms. The second-order valence-electron chi connectivity index (χ2n) is 13.3. The Morgan fingerprint density at radius 3 is 1.06 bits per heavy atom. The highest BCUT2D eigenvalue weighted by Gasteiger charge is 2.28. The number of rotatable bonds is 4. The summed E-state index contributed by atoms with van der Waals surface area (Å²) in [5.41, 5.74) is 13.1. The fourth-order valence-corrected chi connectivity index (χ4v) is 8.54. The Labute approximate surface area is 294 Å². The van der Waals surface area contributed by atoms with E-state index in [9.17, 15) is 0 Å². The highest BCUT2D eigenvalue weighted by molar-refractivity contribution is 6.40. The average molecular weight is 650 g/mol. The highest BCUT2D eigenvalue weighted by atomic mass is 15.0. The molecule has 11 rings (SSSR count).